The molecule has 2 N–H and O–H groups in total. The Bertz CT molecular complexity index is 473. The van der Waals surface area contributed by atoms with Crippen molar-refractivity contribution in [2.24, 2.45) is 0 Å². The van der Waals surface area contributed by atoms with E-state index in [0.29, 0.717) is 5.46 Å². The third-order valence-electron chi connectivity index (χ3n) is 1.98. The summed E-state index contributed by atoms with van der Waals surface area (Å²) in [5.74, 6) is 0. The molecule has 0 amide bonds. The molecule has 76 valence electrons. The van der Waals surface area contributed by atoms with Crippen molar-refractivity contribution in [3.63, 3.8) is 0 Å². The third-order valence-corrected chi connectivity index (χ3v) is 2.39. The smallest absolute Gasteiger partial charge is 0.423 e. The van der Waals surface area contributed by atoms with Crippen LogP contribution in [0.1, 0.15) is 0 Å². The highest BCUT2D eigenvalue weighted by Gasteiger charge is 2.11. The molecule has 0 aliphatic carbocycles. The molecule has 0 aliphatic heterocycles. The van der Waals surface area contributed by atoms with Gasteiger partial charge in [0.05, 0.1) is 16.4 Å². The van der Waals surface area contributed by atoms with Gasteiger partial charge in [-0.25, -0.2) is 4.68 Å². The molecule has 1 aromatic carbocycles. The Morgan fingerprint density at radius 2 is 2.13 bits per heavy atom. The maximum absolute atomic E-state index is 9.02. The lowest BCUT2D eigenvalue weighted by molar-refractivity contribution is 0.426. The Morgan fingerprint density at radius 1 is 1.33 bits per heavy atom. The van der Waals surface area contributed by atoms with Gasteiger partial charge in [0.1, 0.15) is 0 Å². The van der Waals surface area contributed by atoms with Crippen molar-refractivity contribution >= 4 is 28.5 Å². The van der Waals surface area contributed by atoms with Crippen LogP contribution < -0.4 is 5.46 Å². The summed E-state index contributed by atoms with van der Waals surface area (Å²) in [5, 5.41) is 22.1. The number of benzene rings is 1. The molecule has 0 fully saturated rings. The molecule has 0 atom stereocenters. The fourth-order valence-corrected chi connectivity index (χ4v) is 1.56. The number of nitrogens with zero attached hydrogens (tertiary/aromatic N) is 2. The molecule has 1 aromatic heterocycles. The van der Waals surface area contributed by atoms with Crippen molar-refractivity contribution in [2.75, 3.05) is 0 Å². The summed E-state index contributed by atoms with van der Waals surface area (Å²) in [4.78, 5) is 0. The second kappa shape index (κ2) is 4.18. The van der Waals surface area contributed by atoms with E-state index in [1.165, 1.54) is 0 Å². The van der Waals surface area contributed by atoms with E-state index >= 15 is 0 Å². The molecule has 0 aliphatic rings. The zero-order valence-electron chi connectivity index (χ0n) is 7.71. The Kier molecular flexibility index (Phi) is 2.90. The van der Waals surface area contributed by atoms with E-state index in [1.807, 2.05) is 6.07 Å². The van der Waals surface area contributed by atoms with Gasteiger partial charge in [0.15, 0.2) is 0 Å². The van der Waals surface area contributed by atoms with Gasteiger partial charge in [-0.3, -0.25) is 0 Å². The molecule has 6 heteroatoms. The minimum Gasteiger partial charge on any atom is -0.423 e. The lowest BCUT2D eigenvalue weighted by atomic mass is 9.80. The van der Waals surface area contributed by atoms with Crippen LogP contribution in [0.3, 0.4) is 0 Å². The molecule has 0 saturated heterocycles. The summed E-state index contributed by atoms with van der Waals surface area (Å²) in [6.45, 7) is 0. The van der Waals surface area contributed by atoms with E-state index < -0.39 is 7.12 Å². The second-order valence-electron chi connectivity index (χ2n) is 3.07. The molecule has 2 rings (SSSR count). The van der Waals surface area contributed by atoms with Crippen molar-refractivity contribution in [3.8, 4) is 5.69 Å². The second-order valence-corrected chi connectivity index (χ2v) is 3.99. The number of halogens is 1. The number of rotatable bonds is 2. The summed E-state index contributed by atoms with van der Waals surface area (Å²) in [7, 11) is -1.45. The van der Waals surface area contributed by atoms with Crippen LogP contribution in [0.4, 0.5) is 0 Å². The normalized spacial score (nSPS) is 10.3. The molecule has 0 unspecified atom stereocenters. The monoisotopic (exact) mass is 266 g/mol. The Labute approximate surface area is 95.4 Å². The van der Waals surface area contributed by atoms with Crippen LogP contribution in [-0.4, -0.2) is 26.9 Å². The van der Waals surface area contributed by atoms with E-state index in [9.17, 15) is 0 Å². The van der Waals surface area contributed by atoms with Gasteiger partial charge in [-0.1, -0.05) is 12.1 Å². The lowest BCUT2D eigenvalue weighted by Crippen LogP contribution is -2.29. The molecule has 1 heterocycles. The fourth-order valence-electron chi connectivity index (χ4n) is 1.27. The van der Waals surface area contributed by atoms with Crippen LogP contribution in [0.5, 0.6) is 0 Å². The standard InChI is InChI=1S/C9H8BBrN2O2/c11-8-5-12-13(6-8)9-3-1-2-7(4-9)10(14)15/h1-6,14-15H. The molecule has 0 saturated carbocycles. The van der Waals surface area contributed by atoms with E-state index in [0.717, 1.165) is 10.2 Å². The highest BCUT2D eigenvalue weighted by atomic mass is 79.9. The van der Waals surface area contributed by atoms with Gasteiger partial charge < -0.3 is 10.0 Å². The minimum atomic E-state index is -1.45. The molecule has 0 spiro atoms. The van der Waals surface area contributed by atoms with Crippen LogP contribution in [-0.2, 0) is 0 Å². The van der Waals surface area contributed by atoms with Crippen LogP contribution in [0.25, 0.3) is 5.69 Å². The number of aromatic nitrogens is 2. The molecule has 15 heavy (non-hydrogen) atoms. The van der Waals surface area contributed by atoms with E-state index in [-0.39, 0.29) is 0 Å². The predicted molar refractivity (Wildman–Crippen MR) is 61.1 cm³/mol. The van der Waals surface area contributed by atoms with Gasteiger partial charge in [-0.05, 0) is 33.5 Å². The Hall–Kier alpha value is -1.11. The maximum atomic E-state index is 9.02. The Balaban J connectivity index is 2.41. The first kappa shape index (κ1) is 10.4. The summed E-state index contributed by atoms with van der Waals surface area (Å²) in [6.07, 6.45) is 3.46. The lowest BCUT2D eigenvalue weighted by Gasteiger charge is -2.03. The summed E-state index contributed by atoms with van der Waals surface area (Å²) in [6, 6.07) is 6.90. The minimum absolute atomic E-state index is 0.444. The number of hydrogen-bond donors (Lipinski definition) is 2. The zero-order chi connectivity index (χ0) is 10.8. The summed E-state index contributed by atoms with van der Waals surface area (Å²) in [5.41, 5.74) is 1.23. The van der Waals surface area contributed by atoms with Crippen molar-refractivity contribution < 1.29 is 10.0 Å². The van der Waals surface area contributed by atoms with Crippen LogP contribution in [0, 0.1) is 0 Å². The predicted octanol–water partition coefficient (Wildman–Crippen LogP) is 0.315. The quantitative estimate of drug-likeness (QED) is 0.770. The summed E-state index contributed by atoms with van der Waals surface area (Å²) < 4.78 is 2.52. The van der Waals surface area contributed by atoms with Gasteiger partial charge >= 0.3 is 7.12 Å². The van der Waals surface area contributed by atoms with E-state index in [4.69, 9.17) is 10.0 Å². The molecular formula is C9H8BBrN2O2. The number of hydrogen-bond acceptors (Lipinski definition) is 3. The zero-order valence-corrected chi connectivity index (χ0v) is 9.29. The van der Waals surface area contributed by atoms with Gasteiger partial charge in [0.2, 0.25) is 0 Å². The molecular weight excluding hydrogens is 259 g/mol. The Morgan fingerprint density at radius 3 is 2.73 bits per heavy atom. The van der Waals surface area contributed by atoms with E-state index in [2.05, 4.69) is 21.0 Å². The first-order valence-corrected chi connectivity index (χ1v) is 5.13. The van der Waals surface area contributed by atoms with Gasteiger partial charge in [-0.15, -0.1) is 0 Å². The largest absolute Gasteiger partial charge is 0.488 e. The van der Waals surface area contributed by atoms with Crippen molar-refractivity contribution in [1.82, 2.24) is 9.78 Å². The van der Waals surface area contributed by atoms with Gasteiger partial charge in [-0.2, -0.15) is 5.10 Å². The fraction of sp³-hybridized carbons (Fsp3) is 0. The average Bonchev–Trinajstić information content (AvgIpc) is 2.65. The van der Waals surface area contributed by atoms with Crippen molar-refractivity contribution in [2.45, 2.75) is 0 Å². The van der Waals surface area contributed by atoms with Gasteiger partial charge in [0, 0.05) is 6.20 Å². The summed E-state index contributed by atoms with van der Waals surface area (Å²) >= 11 is 3.29. The highest BCUT2D eigenvalue weighted by molar-refractivity contribution is 9.10. The molecule has 0 bridgehead atoms. The topological polar surface area (TPSA) is 58.3 Å². The maximum Gasteiger partial charge on any atom is 0.488 e. The SMILES string of the molecule is OB(O)c1cccc(-n2cc(Br)cn2)c1. The highest BCUT2D eigenvalue weighted by Crippen LogP contribution is 2.11. The average molecular weight is 267 g/mol. The third kappa shape index (κ3) is 2.28. The first-order chi connectivity index (χ1) is 7.16. The van der Waals surface area contributed by atoms with Crippen LogP contribution in [0.2, 0.25) is 0 Å². The van der Waals surface area contributed by atoms with E-state index in [1.54, 1.807) is 35.3 Å². The van der Waals surface area contributed by atoms with Crippen LogP contribution >= 0.6 is 15.9 Å². The van der Waals surface area contributed by atoms with Crippen LogP contribution in [0.15, 0.2) is 41.1 Å². The molecule has 0 radical (unpaired) electrons. The van der Waals surface area contributed by atoms with Gasteiger partial charge in [0.25, 0.3) is 0 Å². The van der Waals surface area contributed by atoms with Crippen molar-refractivity contribution in [1.29, 1.82) is 0 Å². The van der Waals surface area contributed by atoms with Crippen molar-refractivity contribution in [3.05, 3.63) is 41.1 Å². The molecule has 4 nitrogen and oxygen atoms in total. The first-order valence-electron chi connectivity index (χ1n) is 4.33. The molecule has 2 aromatic rings.